The van der Waals surface area contributed by atoms with E-state index in [4.69, 9.17) is 4.74 Å². The number of phenolic OH excluding ortho intramolecular Hbond substituents is 1. The fourth-order valence-corrected chi connectivity index (χ4v) is 1.67. The lowest BCUT2D eigenvalue weighted by Crippen LogP contribution is -1.95. The Labute approximate surface area is 120 Å². The zero-order chi connectivity index (χ0) is 15.2. The predicted molar refractivity (Wildman–Crippen MR) is 79.0 cm³/mol. The lowest BCUT2D eigenvalue weighted by atomic mass is 10.2. The van der Waals surface area contributed by atoms with Gasteiger partial charge < -0.3 is 9.84 Å². The number of benzene rings is 2. The number of hydrogen-bond donors (Lipinski definition) is 2. The first-order valence-electron chi connectivity index (χ1n) is 6.01. The van der Waals surface area contributed by atoms with E-state index in [9.17, 15) is 15.2 Å². The predicted octanol–water partition coefficient (Wildman–Crippen LogP) is 2.76. The van der Waals surface area contributed by atoms with Crippen LogP contribution in [0.1, 0.15) is 5.56 Å². The number of hydrogen-bond acceptors (Lipinski definition) is 6. The third kappa shape index (κ3) is 3.47. The topological polar surface area (TPSA) is 97.0 Å². The van der Waals surface area contributed by atoms with Gasteiger partial charge in [0.2, 0.25) is 0 Å². The van der Waals surface area contributed by atoms with E-state index < -0.39 is 4.92 Å². The molecule has 0 radical (unpaired) electrons. The van der Waals surface area contributed by atoms with E-state index in [1.165, 1.54) is 31.5 Å². The summed E-state index contributed by atoms with van der Waals surface area (Å²) in [5.74, 6) is 0.518. The first kappa shape index (κ1) is 14.3. The number of non-ortho nitro benzene ring substituents is 1. The van der Waals surface area contributed by atoms with E-state index in [1.807, 2.05) is 12.1 Å². The Hall–Kier alpha value is -3.09. The van der Waals surface area contributed by atoms with Crippen molar-refractivity contribution in [2.75, 3.05) is 12.5 Å². The smallest absolute Gasteiger partial charge is 0.270 e. The third-order valence-corrected chi connectivity index (χ3v) is 2.72. The molecule has 0 amide bonds. The van der Waals surface area contributed by atoms with Crippen LogP contribution in [0.2, 0.25) is 0 Å². The van der Waals surface area contributed by atoms with Crippen LogP contribution in [0.5, 0.6) is 11.5 Å². The van der Waals surface area contributed by atoms with Gasteiger partial charge in [-0.2, -0.15) is 5.10 Å². The van der Waals surface area contributed by atoms with Crippen molar-refractivity contribution in [2.45, 2.75) is 0 Å². The van der Waals surface area contributed by atoms with Crippen molar-refractivity contribution < 1.29 is 14.8 Å². The maximum absolute atomic E-state index is 10.7. The molecule has 2 aromatic rings. The normalized spacial score (nSPS) is 10.5. The average molecular weight is 287 g/mol. The molecule has 21 heavy (non-hydrogen) atoms. The molecule has 7 nitrogen and oxygen atoms in total. The van der Waals surface area contributed by atoms with Gasteiger partial charge >= 0.3 is 0 Å². The second kappa shape index (κ2) is 6.38. The van der Waals surface area contributed by atoms with E-state index in [2.05, 4.69) is 10.5 Å². The third-order valence-electron chi connectivity index (χ3n) is 2.72. The average Bonchev–Trinajstić information content (AvgIpc) is 2.49. The summed E-state index contributed by atoms with van der Waals surface area (Å²) in [5, 5.41) is 24.3. The van der Waals surface area contributed by atoms with Crippen molar-refractivity contribution in [2.24, 2.45) is 5.10 Å². The number of nitrogens with one attached hydrogen (secondary N) is 1. The van der Waals surface area contributed by atoms with Crippen molar-refractivity contribution >= 4 is 17.6 Å². The highest BCUT2D eigenvalue weighted by atomic mass is 16.6. The minimum Gasteiger partial charge on any atom is -0.507 e. The number of nitrogens with zero attached hydrogens (tertiary/aromatic N) is 2. The molecule has 0 aromatic heterocycles. The van der Waals surface area contributed by atoms with Crippen LogP contribution in [0.25, 0.3) is 0 Å². The Bertz CT molecular complexity index is 686. The van der Waals surface area contributed by atoms with Gasteiger partial charge in [0.15, 0.2) is 0 Å². The maximum atomic E-state index is 10.7. The number of phenols is 1. The summed E-state index contributed by atoms with van der Waals surface area (Å²) < 4.78 is 5.15. The summed E-state index contributed by atoms with van der Waals surface area (Å²) in [6.45, 7) is 0. The highest BCUT2D eigenvalue weighted by Gasteiger charge is 2.08. The highest BCUT2D eigenvalue weighted by molar-refractivity contribution is 5.85. The number of ether oxygens (including phenoxy) is 1. The molecule has 0 unspecified atom stereocenters. The van der Waals surface area contributed by atoms with Crippen LogP contribution < -0.4 is 10.2 Å². The SMILES string of the molecule is COc1ccccc1N/N=C/c1cc([N+](=O)[O-])ccc1O. The van der Waals surface area contributed by atoms with Crippen LogP contribution in [-0.2, 0) is 0 Å². The lowest BCUT2D eigenvalue weighted by Gasteiger charge is -2.06. The Balaban J connectivity index is 2.18. The van der Waals surface area contributed by atoms with E-state index in [0.29, 0.717) is 11.4 Å². The molecule has 2 rings (SSSR count). The van der Waals surface area contributed by atoms with E-state index in [-0.39, 0.29) is 17.0 Å². The molecular weight excluding hydrogens is 274 g/mol. The Morgan fingerprint density at radius 3 is 2.81 bits per heavy atom. The van der Waals surface area contributed by atoms with Gasteiger partial charge in [-0.3, -0.25) is 15.5 Å². The van der Waals surface area contributed by atoms with Gasteiger partial charge in [-0.25, -0.2) is 0 Å². The summed E-state index contributed by atoms with van der Waals surface area (Å²) in [4.78, 5) is 10.2. The first-order valence-corrected chi connectivity index (χ1v) is 6.01. The number of nitro benzene ring substituents is 1. The van der Waals surface area contributed by atoms with Crippen molar-refractivity contribution in [3.63, 3.8) is 0 Å². The molecule has 0 saturated heterocycles. The zero-order valence-electron chi connectivity index (χ0n) is 11.2. The zero-order valence-corrected chi connectivity index (χ0v) is 11.2. The molecule has 108 valence electrons. The largest absolute Gasteiger partial charge is 0.507 e. The molecule has 7 heteroatoms. The van der Waals surface area contributed by atoms with Gasteiger partial charge in [-0.05, 0) is 18.2 Å². The first-order chi connectivity index (χ1) is 10.1. The molecule has 0 aliphatic heterocycles. The molecule has 0 spiro atoms. The molecule has 0 aliphatic carbocycles. The van der Waals surface area contributed by atoms with Crippen LogP contribution in [0.15, 0.2) is 47.6 Å². The standard InChI is InChI=1S/C14H13N3O4/c1-21-14-5-3-2-4-12(14)16-15-9-10-8-11(17(19)20)6-7-13(10)18/h2-9,16,18H,1H3/b15-9+. The summed E-state index contributed by atoms with van der Waals surface area (Å²) in [6.07, 6.45) is 1.30. The number of hydrazone groups is 1. The van der Waals surface area contributed by atoms with Crippen LogP contribution >= 0.6 is 0 Å². The minimum atomic E-state index is -0.537. The second-order valence-electron chi connectivity index (χ2n) is 4.07. The van der Waals surface area contributed by atoms with Gasteiger partial charge in [-0.1, -0.05) is 12.1 Å². The van der Waals surface area contributed by atoms with Crippen molar-refractivity contribution in [1.82, 2.24) is 0 Å². The van der Waals surface area contributed by atoms with Crippen LogP contribution in [0, 0.1) is 10.1 Å². The van der Waals surface area contributed by atoms with E-state index in [0.717, 1.165) is 0 Å². The van der Waals surface area contributed by atoms with Crippen molar-refractivity contribution in [1.29, 1.82) is 0 Å². The molecule has 0 heterocycles. The number of anilines is 1. The summed E-state index contributed by atoms with van der Waals surface area (Å²) in [6, 6.07) is 10.9. The van der Waals surface area contributed by atoms with Crippen LogP contribution in [0.4, 0.5) is 11.4 Å². The Morgan fingerprint density at radius 2 is 2.10 bits per heavy atom. The molecule has 0 fully saturated rings. The van der Waals surface area contributed by atoms with Crippen LogP contribution in [0.3, 0.4) is 0 Å². The number of aromatic hydroxyl groups is 1. The molecule has 2 N–H and O–H groups in total. The number of methoxy groups -OCH3 is 1. The fourth-order valence-electron chi connectivity index (χ4n) is 1.67. The van der Waals surface area contributed by atoms with Gasteiger partial charge in [0, 0.05) is 17.7 Å². The van der Waals surface area contributed by atoms with Crippen LogP contribution in [-0.4, -0.2) is 23.4 Å². The van der Waals surface area contributed by atoms with Gasteiger partial charge in [0.05, 0.1) is 23.9 Å². The minimum absolute atomic E-state index is 0.0915. The van der Waals surface area contributed by atoms with Gasteiger partial charge in [0.25, 0.3) is 5.69 Å². The maximum Gasteiger partial charge on any atom is 0.270 e. The van der Waals surface area contributed by atoms with E-state index in [1.54, 1.807) is 12.1 Å². The summed E-state index contributed by atoms with van der Waals surface area (Å²) in [7, 11) is 1.54. The van der Waals surface area contributed by atoms with E-state index >= 15 is 0 Å². The summed E-state index contributed by atoms with van der Waals surface area (Å²) in [5.41, 5.74) is 3.52. The lowest BCUT2D eigenvalue weighted by molar-refractivity contribution is -0.384. The second-order valence-corrected chi connectivity index (χ2v) is 4.07. The highest BCUT2D eigenvalue weighted by Crippen LogP contribution is 2.24. The quantitative estimate of drug-likeness (QED) is 0.500. The monoisotopic (exact) mass is 287 g/mol. The number of nitro groups is 1. The molecule has 0 atom stereocenters. The van der Waals surface area contributed by atoms with Crippen molar-refractivity contribution in [3.05, 3.63) is 58.1 Å². The fraction of sp³-hybridized carbons (Fsp3) is 0.0714. The molecule has 0 bridgehead atoms. The Kier molecular flexibility index (Phi) is 4.35. The molecule has 0 aliphatic rings. The van der Waals surface area contributed by atoms with Gasteiger partial charge in [-0.15, -0.1) is 0 Å². The molecule has 2 aromatic carbocycles. The van der Waals surface area contributed by atoms with Crippen molar-refractivity contribution in [3.8, 4) is 11.5 Å². The molecule has 0 saturated carbocycles. The summed E-state index contributed by atoms with van der Waals surface area (Å²) >= 11 is 0. The molecular formula is C14H13N3O4. The Morgan fingerprint density at radius 1 is 1.33 bits per heavy atom. The number of para-hydroxylation sites is 2. The van der Waals surface area contributed by atoms with Gasteiger partial charge in [0.1, 0.15) is 11.5 Å². The number of rotatable bonds is 5.